The van der Waals surface area contributed by atoms with E-state index < -0.39 is 5.91 Å². The van der Waals surface area contributed by atoms with Crippen LogP contribution in [0.25, 0.3) is 11.3 Å². The fourth-order valence-corrected chi connectivity index (χ4v) is 4.39. The van der Waals surface area contributed by atoms with Crippen molar-refractivity contribution in [1.29, 1.82) is 0 Å². The molecule has 112 valence electrons. The minimum atomic E-state index is -0.392. The Balaban J connectivity index is 1.70. The summed E-state index contributed by atoms with van der Waals surface area (Å²) in [6.07, 6.45) is 3.22. The summed E-state index contributed by atoms with van der Waals surface area (Å²) in [5.41, 5.74) is 1.56. The number of Topliss-reactive ketones (excluding diaryl/α,β-unsaturated/α-hetero) is 1. The van der Waals surface area contributed by atoms with Gasteiger partial charge in [0.05, 0.1) is 11.2 Å². The van der Waals surface area contributed by atoms with E-state index in [4.69, 9.17) is 0 Å². The van der Waals surface area contributed by atoms with Crippen LogP contribution in [-0.4, -0.2) is 22.2 Å². The molecule has 2 fully saturated rings. The summed E-state index contributed by atoms with van der Waals surface area (Å²) in [6.45, 7) is 0. The van der Waals surface area contributed by atoms with Gasteiger partial charge in [0.15, 0.2) is 5.13 Å². The average Bonchev–Trinajstić information content (AvgIpc) is 3.03. The van der Waals surface area contributed by atoms with Gasteiger partial charge < -0.3 is 0 Å². The lowest BCUT2D eigenvalue weighted by molar-refractivity contribution is -0.133. The zero-order valence-electron chi connectivity index (χ0n) is 11.7. The fraction of sp³-hybridized carbons (Fsp3) is 0.312. The number of hydrogen-bond acceptors (Lipinski definition) is 4. The lowest BCUT2D eigenvalue weighted by Gasteiger charge is -2.43. The number of benzene rings is 1. The number of ketones is 1. The van der Waals surface area contributed by atoms with E-state index in [9.17, 15) is 9.59 Å². The molecular weight excluding hydrogens is 364 g/mol. The predicted molar refractivity (Wildman–Crippen MR) is 88.9 cm³/mol. The summed E-state index contributed by atoms with van der Waals surface area (Å²) >= 11 is 4.85. The number of carbonyl (C=O) groups is 2. The molecule has 1 spiro atoms. The van der Waals surface area contributed by atoms with Crippen LogP contribution in [-0.2, 0) is 9.59 Å². The summed E-state index contributed by atoms with van der Waals surface area (Å²) in [6, 6.07) is 7.90. The van der Waals surface area contributed by atoms with Crippen LogP contribution < -0.4 is 4.90 Å². The van der Waals surface area contributed by atoms with Crippen molar-refractivity contribution in [3.63, 3.8) is 0 Å². The van der Waals surface area contributed by atoms with Crippen molar-refractivity contribution in [3.05, 3.63) is 34.1 Å². The van der Waals surface area contributed by atoms with Gasteiger partial charge in [-0.3, -0.25) is 14.5 Å². The lowest BCUT2D eigenvalue weighted by atomic mass is 9.75. The number of rotatable bonds is 2. The van der Waals surface area contributed by atoms with E-state index >= 15 is 0 Å². The minimum absolute atomic E-state index is 0.278. The molecule has 6 heteroatoms. The summed E-state index contributed by atoms with van der Waals surface area (Å²) in [4.78, 5) is 30.4. The SMILES string of the molecule is O=C1CC2(CCC2)N(c2nc(-c3ccc(Br)cc3)cs2)C1=O. The third-order valence-electron chi connectivity index (χ3n) is 4.51. The third-order valence-corrected chi connectivity index (χ3v) is 5.87. The van der Waals surface area contributed by atoms with Gasteiger partial charge in [-0.1, -0.05) is 28.1 Å². The Labute approximate surface area is 140 Å². The average molecular weight is 377 g/mol. The molecule has 4 rings (SSSR count). The topological polar surface area (TPSA) is 50.3 Å². The smallest absolute Gasteiger partial charge is 0.289 e. The molecule has 0 N–H and O–H groups in total. The first-order valence-corrected chi connectivity index (χ1v) is 8.85. The lowest BCUT2D eigenvalue weighted by Crippen LogP contribution is -2.51. The van der Waals surface area contributed by atoms with E-state index in [1.807, 2.05) is 29.6 Å². The van der Waals surface area contributed by atoms with Crippen LogP contribution in [0.2, 0.25) is 0 Å². The third kappa shape index (κ3) is 2.05. The number of hydrogen-bond donors (Lipinski definition) is 0. The molecule has 2 heterocycles. The normalized spacial score (nSPS) is 19.8. The van der Waals surface area contributed by atoms with Gasteiger partial charge in [0.2, 0.25) is 5.78 Å². The molecule has 0 radical (unpaired) electrons. The van der Waals surface area contributed by atoms with Gasteiger partial charge in [-0.15, -0.1) is 11.3 Å². The Bertz CT molecular complexity index is 765. The molecule has 0 bridgehead atoms. The molecule has 1 saturated carbocycles. The number of halogens is 1. The second kappa shape index (κ2) is 4.99. The molecule has 1 aromatic heterocycles. The molecular formula is C16H13BrN2O2S. The van der Waals surface area contributed by atoms with Crippen LogP contribution in [0, 0.1) is 0 Å². The Morgan fingerprint density at radius 1 is 1.18 bits per heavy atom. The molecule has 1 saturated heterocycles. The number of thiazole rings is 1. The van der Waals surface area contributed by atoms with Crippen LogP contribution in [0.4, 0.5) is 5.13 Å². The van der Waals surface area contributed by atoms with E-state index in [0.717, 1.165) is 35.0 Å². The van der Waals surface area contributed by atoms with Crippen molar-refractivity contribution in [2.24, 2.45) is 0 Å². The van der Waals surface area contributed by atoms with E-state index in [0.29, 0.717) is 11.6 Å². The molecule has 1 aliphatic heterocycles. The van der Waals surface area contributed by atoms with Crippen molar-refractivity contribution < 1.29 is 9.59 Å². The van der Waals surface area contributed by atoms with Crippen LogP contribution in [0.1, 0.15) is 25.7 Å². The molecule has 4 nitrogen and oxygen atoms in total. The summed E-state index contributed by atoms with van der Waals surface area (Å²) < 4.78 is 1.01. The van der Waals surface area contributed by atoms with E-state index in [1.54, 1.807) is 4.90 Å². The highest BCUT2D eigenvalue weighted by atomic mass is 79.9. The maximum Gasteiger partial charge on any atom is 0.296 e. The molecule has 1 aromatic carbocycles. The Kier molecular flexibility index (Phi) is 3.20. The fourth-order valence-electron chi connectivity index (χ4n) is 3.19. The maximum atomic E-state index is 12.2. The summed E-state index contributed by atoms with van der Waals surface area (Å²) in [5, 5.41) is 2.59. The quantitative estimate of drug-likeness (QED) is 0.748. The van der Waals surface area contributed by atoms with Gasteiger partial charge in [0.25, 0.3) is 5.91 Å². The Morgan fingerprint density at radius 3 is 2.55 bits per heavy atom. The second-order valence-electron chi connectivity index (χ2n) is 5.84. The van der Waals surface area contributed by atoms with Crippen LogP contribution >= 0.6 is 27.3 Å². The molecule has 1 amide bonds. The van der Waals surface area contributed by atoms with Gasteiger partial charge in [-0.25, -0.2) is 4.98 Å². The van der Waals surface area contributed by atoms with E-state index in [2.05, 4.69) is 20.9 Å². The molecule has 0 atom stereocenters. The number of aromatic nitrogens is 1. The monoisotopic (exact) mass is 376 g/mol. The van der Waals surface area contributed by atoms with Crippen molar-refractivity contribution in [2.45, 2.75) is 31.2 Å². The van der Waals surface area contributed by atoms with Crippen LogP contribution in [0.15, 0.2) is 34.1 Å². The number of anilines is 1. The van der Waals surface area contributed by atoms with Gasteiger partial charge in [0, 0.05) is 21.8 Å². The zero-order valence-corrected chi connectivity index (χ0v) is 14.1. The van der Waals surface area contributed by atoms with Crippen LogP contribution in [0.5, 0.6) is 0 Å². The zero-order chi connectivity index (χ0) is 15.3. The van der Waals surface area contributed by atoms with Crippen molar-refractivity contribution in [2.75, 3.05) is 4.90 Å². The number of nitrogens with zero attached hydrogens (tertiary/aromatic N) is 2. The molecule has 22 heavy (non-hydrogen) atoms. The van der Waals surface area contributed by atoms with Crippen molar-refractivity contribution >= 4 is 44.1 Å². The molecule has 2 aliphatic rings. The predicted octanol–water partition coefficient (Wildman–Crippen LogP) is 3.80. The van der Waals surface area contributed by atoms with E-state index in [-0.39, 0.29) is 11.3 Å². The largest absolute Gasteiger partial charge is 0.296 e. The highest BCUT2D eigenvalue weighted by Gasteiger charge is 2.55. The Morgan fingerprint density at radius 2 is 1.91 bits per heavy atom. The first-order valence-electron chi connectivity index (χ1n) is 7.18. The van der Waals surface area contributed by atoms with Gasteiger partial charge in [-0.05, 0) is 31.4 Å². The summed E-state index contributed by atoms with van der Waals surface area (Å²) in [5.74, 6) is -0.670. The highest BCUT2D eigenvalue weighted by Crippen LogP contribution is 2.48. The first kappa shape index (κ1) is 14.1. The Hall–Kier alpha value is -1.53. The number of amides is 1. The van der Waals surface area contributed by atoms with Crippen LogP contribution in [0.3, 0.4) is 0 Å². The van der Waals surface area contributed by atoms with Gasteiger partial charge in [-0.2, -0.15) is 0 Å². The molecule has 0 unspecified atom stereocenters. The first-order chi connectivity index (χ1) is 10.6. The van der Waals surface area contributed by atoms with Gasteiger partial charge in [0.1, 0.15) is 0 Å². The van der Waals surface area contributed by atoms with E-state index in [1.165, 1.54) is 11.3 Å². The summed E-state index contributed by atoms with van der Waals surface area (Å²) in [7, 11) is 0. The van der Waals surface area contributed by atoms with Crippen molar-refractivity contribution in [3.8, 4) is 11.3 Å². The standard InChI is InChI=1S/C16H13BrN2O2S/c17-11-4-2-10(3-5-11)12-9-22-15(18-12)19-14(21)13(20)8-16(19)6-1-7-16/h2-5,9H,1,6-8H2. The molecule has 2 aromatic rings. The highest BCUT2D eigenvalue weighted by molar-refractivity contribution is 9.10. The van der Waals surface area contributed by atoms with Gasteiger partial charge >= 0.3 is 0 Å². The van der Waals surface area contributed by atoms with Crippen molar-refractivity contribution in [1.82, 2.24) is 4.98 Å². The second-order valence-corrected chi connectivity index (χ2v) is 7.59. The molecule has 1 aliphatic carbocycles. The number of carbonyl (C=O) groups excluding carboxylic acids is 2. The minimum Gasteiger partial charge on any atom is -0.289 e. The maximum absolute atomic E-state index is 12.2.